The maximum Gasteiger partial charge on any atom is 0.168 e. The van der Waals surface area contributed by atoms with Crippen LogP contribution in [0.15, 0.2) is 0 Å². The number of rotatable bonds is 0. The van der Waals surface area contributed by atoms with E-state index in [0.29, 0.717) is 0 Å². The van der Waals surface area contributed by atoms with E-state index in [2.05, 4.69) is 0 Å². The molecule has 0 aromatic carbocycles. The highest BCUT2D eigenvalue weighted by molar-refractivity contribution is 7.02. The largest absolute Gasteiger partial charge is 0.376 e. The first kappa shape index (κ1) is 7.09. The smallest absolute Gasteiger partial charge is 0.168 e. The zero-order valence-electron chi connectivity index (χ0n) is 5.23. The van der Waals surface area contributed by atoms with Crippen molar-refractivity contribution in [2.45, 2.75) is 26.1 Å². The molecule has 0 aromatic rings. The van der Waals surface area contributed by atoms with Crippen molar-refractivity contribution in [2.24, 2.45) is 5.64 Å². The molecule has 0 heterocycles. The van der Waals surface area contributed by atoms with Crippen molar-refractivity contribution in [2.75, 3.05) is 0 Å². The van der Waals surface area contributed by atoms with Crippen molar-refractivity contribution in [1.29, 1.82) is 0 Å². The predicted octanol–water partition coefficient (Wildman–Crippen LogP) is 0.402. The van der Waals surface area contributed by atoms with Gasteiger partial charge in [0.1, 0.15) is 0 Å². The van der Waals surface area contributed by atoms with Gasteiger partial charge in [-0.2, -0.15) is 0 Å². The molecule has 2 radical (unpaired) electrons. The summed E-state index contributed by atoms with van der Waals surface area (Å²) in [5.74, 6) is 0. The minimum atomic E-state index is -0.201. The number of hydrogen-bond acceptors (Lipinski definition) is 1. The van der Waals surface area contributed by atoms with Crippen LogP contribution >= 0.6 is 0 Å². The molecule has 0 spiro atoms. The molecule has 38 valence electrons. The molecular weight excluding hydrogens is 83.7 g/mol. The Balaban J connectivity index is 3.54. The molecule has 0 fully saturated rings. The van der Waals surface area contributed by atoms with Crippen LogP contribution < -0.4 is 5.64 Å². The average Bonchev–Trinajstić information content (AvgIpc) is 1.31. The van der Waals surface area contributed by atoms with Crippen LogP contribution in [0.25, 0.3) is 0 Å². The average molecular weight is 94.8 g/mol. The third-order valence-corrected chi connectivity index (χ3v) is 1.00. The van der Waals surface area contributed by atoms with Crippen LogP contribution in [0.3, 0.4) is 0 Å². The van der Waals surface area contributed by atoms with Crippen LogP contribution in [0.1, 0.15) is 20.8 Å². The normalized spacial score (nSPS) is 11.4. The van der Waals surface area contributed by atoms with Crippen molar-refractivity contribution in [3.63, 3.8) is 0 Å². The lowest BCUT2D eigenvalue weighted by atomic mass is 9.31. The summed E-state index contributed by atoms with van der Waals surface area (Å²) in [7, 11) is 5.35. The van der Waals surface area contributed by atoms with Gasteiger partial charge in [-0.05, 0) is 0 Å². The fourth-order valence-corrected chi connectivity index (χ4v) is 0. The summed E-state index contributed by atoms with van der Waals surface area (Å²) in [6, 6.07) is 0. The molecular formula is C4H11B2N. The minimum Gasteiger partial charge on any atom is -0.376 e. The highest BCUT2D eigenvalue weighted by atomic mass is 14.4. The van der Waals surface area contributed by atoms with E-state index in [-0.39, 0.29) is 12.1 Å². The quantitative estimate of drug-likeness (QED) is 0.433. The van der Waals surface area contributed by atoms with E-state index in [0.717, 1.165) is 0 Å². The summed E-state index contributed by atoms with van der Waals surface area (Å²) in [6.45, 7) is 5.83. The molecule has 0 aliphatic carbocycles. The Morgan fingerprint density at radius 1 is 1.43 bits per heavy atom. The first-order chi connectivity index (χ1) is 2.94. The zero-order chi connectivity index (χ0) is 6.08. The van der Waals surface area contributed by atoms with Gasteiger partial charge in [-0.1, -0.05) is 26.1 Å². The van der Waals surface area contributed by atoms with Crippen LogP contribution in [0, 0.1) is 0 Å². The molecule has 7 heavy (non-hydrogen) atoms. The van der Waals surface area contributed by atoms with Gasteiger partial charge >= 0.3 is 0 Å². The minimum absolute atomic E-state index is 0.0556. The molecule has 3 heteroatoms. The van der Waals surface area contributed by atoms with Gasteiger partial charge in [-0.15, -0.1) is 0 Å². The van der Waals surface area contributed by atoms with Crippen LogP contribution in [0.5, 0.6) is 0 Å². The standard InChI is InChI=1S/C4H11B2N/c1-4(2,3)6(5)7/h7H2,1-3H3. The van der Waals surface area contributed by atoms with Gasteiger partial charge in [0.2, 0.25) is 0 Å². The molecule has 0 rings (SSSR count). The molecule has 0 atom stereocenters. The molecule has 0 amide bonds. The van der Waals surface area contributed by atoms with Gasteiger partial charge in [0.05, 0.1) is 0 Å². The van der Waals surface area contributed by atoms with E-state index in [1.54, 1.807) is 0 Å². The number of nitrogens with two attached hydrogens (primary N) is 1. The van der Waals surface area contributed by atoms with Gasteiger partial charge in [-0.3, -0.25) is 0 Å². The summed E-state index contributed by atoms with van der Waals surface area (Å²) < 4.78 is 0. The van der Waals surface area contributed by atoms with E-state index < -0.39 is 0 Å². The van der Waals surface area contributed by atoms with Gasteiger partial charge in [0.25, 0.3) is 0 Å². The fraction of sp³-hybridized carbons (Fsp3) is 1.00. The highest BCUT2D eigenvalue weighted by Crippen LogP contribution is 2.20. The molecule has 0 aromatic heterocycles. The maximum absolute atomic E-state index is 5.35. The fourth-order valence-electron chi connectivity index (χ4n) is 0. The Morgan fingerprint density at radius 2 is 1.57 bits per heavy atom. The Labute approximate surface area is 47.2 Å². The summed E-state index contributed by atoms with van der Waals surface area (Å²) in [5.41, 5.74) is 5.35. The van der Waals surface area contributed by atoms with Gasteiger partial charge < -0.3 is 5.64 Å². The van der Waals surface area contributed by atoms with E-state index in [9.17, 15) is 0 Å². The molecule has 0 aliphatic rings. The Bertz CT molecular complexity index is 55.2. The van der Waals surface area contributed by atoms with Gasteiger partial charge in [0, 0.05) is 7.74 Å². The van der Waals surface area contributed by atoms with Crippen LogP contribution in [0.2, 0.25) is 5.31 Å². The van der Waals surface area contributed by atoms with Crippen molar-refractivity contribution >= 4 is 14.5 Å². The summed E-state index contributed by atoms with van der Waals surface area (Å²) in [4.78, 5) is 0. The van der Waals surface area contributed by atoms with E-state index in [4.69, 9.17) is 13.4 Å². The van der Waals surface area contributed by atoms with Crippen molar-refractivity contribution in [3.05, 3.63) is 0 Å². The van der Waals surface area contributed by atoms with Gasteiger partial charge in [-0.25, -0.2) is 0 Å². The molecule has 0 saturated carbocycles. The van der Waals surface area contributed by atoms with Gasteiger partial charge in [0.15, 0.2) is 6.74 Å². The number of hydrogen-bond donors (Lipinski definition) is 1. The molecule has 0 aliphatic heterocycles. The first-order valence-electron chi connectivity index (χ1n) is 2.46. The third-order valence-electron chi connectivity index (χ3n) is 1.00. The van der Waals surface area contributed by atoms with Crippen LogP contribution in [-0.2, 0) is 0 Å². The maximum atomic E-state index is 5.35. The lowest BCUT2D eigenvalue weighted by Crippen LogP contribution is -2.36. The Morgan fingerprint density at radius 3 is 1.57 bits per heavy atom. The lowest BCUT2D eigenvalue weighted by molar-refractivity contribution is 0.746. The molecule has 0 bridgehead atoms. The monoisotopic (exact) mass is 95.1 g/mol. The van der Waals surface area contributed by atoms with Crippen molar-refractivity contribution < 1.29 is 0 Å². The molecule has 0 saturated heterocycles. The Hall–Kier alpha value is 0.0899. The molecule has 0 unspecified atom stereocenters. The molecule has 1 nitrogen and oxygen atoms in total. The predicted molar refractivity (Wildman–Crippen MR) is 35.4 cm³/mol. The second kappa shape index (κ2) is 1.91. The third kappa shape index (κ3) is 2.75. The topological polar surface area (TPSA) is 26.0 Å². The second-order valence-electron chi connectivity index (χ2n) is 2.89. The highest BCUT2D eigenvalue weighted by Gasteiger charge is 2.17. The summed E-state index contributed by atoms with van der Waals surface area (Å²) in [5, 5.41) is 0.0556. The summed E-state index contributed by atoms with van der Waals surface area (Å²) in [6.07, 6.45) is 0. The van der Waals surface area contributed by atoms with Crippen LogP contribution in [-0.4, -0.2) is 14.5 Å². The van der Waals surface area contributed by atoms with Crippen LogP contribution in [0.4, 0.5) is 0 Å². The SMILES string of the molecule is [B]B(N)C(C)(C)C. The van der Waals surface area contributed by atoms with E-state index in [1.165, 1.54) is 0 Å². The zero-order valence-corrected chi connectivity index (χ0v) is 5.23. The van der Waals surface area contributed by atoms with Crippen molar-refractivity contribution in [1.82, 2.24) is 0 Å². The van der Waals surface area contributed by atoms with E-state index in [1.807, 2.05) is 20.8 Å². The second-order valence-corrected chi connectivity index (χ2v) is 2.89. The lowest BCUT2D eigenvalue weighted by Gasteiger charge is -2.19. The first-order valence-corrected chi connectivity index (χ1v) is 2.46. The Kier molecular flexibility index (Phi) is 1.93. The van der Waals surface area contributed by atoms with Crippen molar-refractivity contribution in [3.8, 4) is 0 Å². The molecule has 2 N–H and O–H groups in total. The van der Waals surface area contributed by atoms with E-state index >= 15 is 0 Å². The summed E-state index contributed by atoms with van der Waals surface area (Å²) >= 11 is 0.